The Bertz CT molecular complexity index is 1620. The number of likely N-dealkylation sites (N-methyl/N-ethyl adjacent to an activating group) is 1. The Morgan fingerprint density at radius 3 is 1.81 bits per heavy atom. The van der Waals surface area contributed by atoms with Crippen LogP contribution in [0.3, 0.4) is 0 Å². The predicted molar refractivity (Wildman–Crippen MR) is 260 cm³/mol. The number of aliphatic hydroxyl groups is 4. The predicted octanol–water partition coefficient (Wildman–Crippen LogP) is 6.17. The Kier molecular flexibility index (Phi) is 26.6. The van der Waals surface area contributed by atoms with Crippen molar-refractivity contribution in [3.05, 3.63) is 0 Å². The van der Waals surface area contributed by atoms with Crippen molar-refractivity contribution in [2.24, 2.45) is 23.7 Å². The number of ketones is 1. The number of esters is 1. The normalized spacial score (nSPS) is 39.9. The lowest BCUT2D eigenvalue weighted by Gasteiger charge is -2.50. The highest BCUT2D eigenvalue weighted by atomic mass is 32.3. The Balaban J connectivity index is 0.000000813. The highest BCUT2D eigenvalue weighted by Gasteiger charge is 2.54. The van der Waals surface area contributed by atoms with Gasteiger partial charge in [-0.3, -0.25) is 14.1 Å². The van der Waals surface area contributed by atoms with Crippen LogP contribution in [0.2, 0.25) is 0 Å². The first kappa shape index (κ1) is 63.7. The van der Waals surface area contributed by atoms with Gasteiger partial charge in [0.05, 0.1) is 54.2 Å². The average molecular weight is 1010 g/mol. The first-order chi connectivity index (χ1) is 32.0. The highest BCUT2D eigenvalue weighted by Crippen LogP contribution is 2.42. The zero-order valence-electron chi connectivity index (χ0n) is 44.8. The molecular formula is C50H95NO17S. The van der Waals surface area contributed by atoms with Gasteiger partial charge >= 0.3 is 16.4 Å². The van der Waals surface area contributed by atoms with Gasteiger partial charge in [0, 0.05) is 44.4 Å². The Morgan fingerprint density at radius 1 is 0.754 bits per heavy atom. The van der Waals surface area contributed by atoms with Crippen LogP contribution < -0.4 is 0 Å². The SMILES string of the molecule is CCCCCCCCCCCCOS(=O)(=O)O.CC[C@H]1OC(=O)[C@H](C)[C@@H](O[C@H]2C[C@@](C)(OC)[C@@H](O)[C@H](C)O2)C(C)[C@@H](O[C@@H]2O[C@H](C)C[C@H](N(C)C)[C@H]2O)[C@](C)(OC)C[C@@H](C)C(=O)[C@H](C)[C@@H](O)[C@]1(C)O. The van der Waals surface area contributed by atoms with E-state index in [0.717, 1.165) is 12.8 Å². The molecule has 0 bridgehead atoms. The molecule has 3 aliphatic rings. The number of methoxy groups -OCH3 is 2. The highest BCUT2D eigenvalue weighted by molar-refractivity contribution is 7.80. The van der Waals surface area contributed by atoms with Crippen LogP contribution >= 0.6 is 0 Å². The van der Waals surface area contributed by atoms with Crippen LogP contribution in [0, 0.1) is 23.7 Å². The lowest BCUT2D eigenvalue weighted by molar-refractivity contribution is -0.319. The molecule has 3 fully saturated rings. The maximum Gasteiger partial charge on any atom is 0.397 e. The second-order valence-electron chi connectivity index (χ2n) is 21.1. The molecular weight excluding hydrogens is 919 g/mol. The van der Waals surface area contributed by atoms with Gasteiger partial charge in [-0.2, -0.15) is 8.42 Å². The smallest absolute Gasteiger partial charge is 0.397 e. The molecule has 5 N–H and O–H groups in total. The molecule has 69 heavy (non-hydrogen) atoms. The number of carbonyl (C=O) groups is 2. The van der Waals surface area contributed by atoms with E-state index in [1.54, 1.807) is 48.5 Å². The summed E-state index contributed by atoms with van der Waals surface area (Å²) in [5.41, 5.74) is -4.24. The number of hydrogen-bond donors (Lipinski definition) is 5. The van der Waals surface area contributed by atoms with E-state index in [2.05, 4.69) is 11.1 Å². The molecule has 18 atom stereocenters. The van der Waals surface area contributed by atoms with Gasteiger partial charge in [0.1, 0.15) is 29.7 Å². The molecule has 3 aliphatic heterocycles. The largest absolute Gasteiger partial charge is 0.459 e. The van der Waals surface area contributed by atoms with Gasteiger partial charge in [-0.05, 0) is 81.3 Å². The maximum absolute atomic E-state index is 14.2. The number of rotatable bonds is 20. The standard InChI is InChI=1S/C38H69NO13.C12H26O4S/c1-15-26-38(10,45)31(42)21(4)28(40)19(2)17-37(9,47-14)33(52-35-29(41)25(39(11)12)16-20(3)48-35)22(5)30(23(6)34(44)50-26)51-27-18-36(8,46-13)32(43)24(7)49-27;1-2-3-4-5-6-7-8-9-10-11-12-16-17(13,14)15/h19-27,29-33,35,41-43,45H,15-18H2,1-14H3;2-12H2,1H3,(H,13,14,15)/t19-,20-,21+,22?,23-,24+,25+,26-,27+,29-,30+,31-,32+,33-,35+,36-,37-,38-;/m1./s1. The summed E-state index contributed by atoms with van der Waals surface area (Å²) in [4.78, 5) is 30.1. The van der Waals surface area contributed by atoms with Crippen molar-refractivity contribution >= 4 is 22.2 Å². The summed E-state index contributed by atoms with van der Waals surface area (Å²) in [6.07, 6.45) is 3.12. The zero-order valence-corrected chi connectivity index (χ0v) is 45.6. The zero-order chi connectivity index (χ0) is 52.7. The summed E-state index contributed by atoms with van der Waals surface area (Å²) < 4.78 is 76.9. The van der Waals surface area contributed by atoms with Crippen LogP contribution in [0.4, 0.5) is 0 Å². The lowest BCUT2D eigenvalue weighted by atomic mass is 9.74. The molecule has 1 unspecified atom stereocenters. The molecule has 0 aromatic rings. The van der Waals surface area contributed by atoms with Crippen LogP contribution in [0.25, 0.3) is 0 Å². The molecule has 19 heteroatoms. The van der Waals surface area contributed by atoms with Gasteiger partial charge in [0.15, 0.2) is 12.6 Å². The fraction of sp³-hybridized carbons (Fsp3) is 0.960. The Labute approximate surface area is 415 Å². The molecule has 3 rings (SSSR count). The van der Waals surface area contributed by atoms with Crippen molar-refractivity contribution in [1.29, 1.82) is 0 Å². The minimum Gasteiger partial charge on any atom is -0.459 e. The van der Waals surface area contributed by atoms with Crippen molar-refractivity contribution in [3.8, 4) is 0 Å². The number of cyclic esters (lactones) is 1. The number of carbonyl (C=O) groups excluding carboxylic acids is 2. The van der Waals surface area contributed by atoms with Crippen LogP contribution in [0.1, 0.15) is 166 Å². The summed E-state index contributed by atoms with van der Waals surface area (Å²) in [5, 5.41) is 45.6. The van der Waals surface area contributed by atoms with Gasteiger partial charge < -0.3 is 58.5 Å². The van der Waals surface area contributed by atoms with E-state index in [-0.39, 0.29) is 43.8 Å². The summed E-state index contributed by atoms with van der Waals surface area (Å²) in [7, 11) is 2.53. The van der Waals surface area contributed by atoms with Crippen molar-refractivity contribution in [1.82, 2.24) is 4.90 Å². The van der Waals surface area contributed by atoms with Gasteiger partial charge in [-0.1, -0.05) is 92.4 Å². The van der Waals surface area contributed by atoms with Gasteiger partial charge in [0.25, 0.3) is 0 Å². The topological polar surface area (TPSA) is 247 Å². The Morgan fingerprint density at radius 2 is 1.30 bits per heavy atom. The maximum atomic E-state index is 14.2. The minimum atomic E-state index is -4.23. The number of unbranched alkanes of at least 4 members (excludes halogenated alkanes) is 9. The van der Waals surface area contributed by atoms with Crippen molar-refractivity contribution in [2.75, 3.05) is 34.9 Å². The fourth-order valence-electron chi connectivity index (χ4n) is 10.3. The van der Waals surface area contributed by atoms with Gasteiger partial charge in [-0.25, -0.2) is 4.18 Å². The molecule has 3 saturated heterocycles. The minimum absolute atomic E-state index is 0.0926. The second kappa shape index (κ2) is 28.9. The Hall–Kier alpha value is -1.43. The van der Waals surface area contributed by atoms with Crippen molar-refractivity contribution < 1.29 is 80.3 Å². The second-order valence-corrected chi connectivity index (χ2v) is 22.2. The molecule has 18 nitrogen and oxygen atoms in total. The molecule has 0 saturated carbocycles. The third-order valence-corrected chi connectivity index (χ3v) is 15.5. The molecule has 0 radical (unpaired) electrons. The molecule has 0 aromatic carbocycles. The van der Waals surface area contributed by atoms with Crippen LogP contribution in [-0.4, -0.2) is 169 Å². The van der Waals surface area contributed by atoms with E-state index in [1.807, 2.05) is 32.8 Å². The van der Waals surface area contributed by atoms with Crippen LogP contribution in [0.5, 0.6) is 0 Å². The number of ether oxygens (including phenoxy) is 7. The van der Waals surface area contributed by atoms with E-state index in [4.69, 9.17) is 37.7 Å². The van der Waals surface area contributed by atoms with Crippen LogP contribution in [0.15, 0.2) is 0 Å². The van der Waals surface area contributed by atoms with E-state index in [0.29, 0.717) is 12.8 Å². The third-order valence-electron chi connectivity index (χ3n) is 15.0. The van der Waals surface area contributed by atoms with E-state index in [1.165, 1.54) is 66.1 Å². The van der Waals surface area contributed by atoms with Gasteiger partial charge in [0.2, 0.25) is 0 Å². The van der Waals surface area contributed by atoms with E-state index < -0.39 is 112 Å². The van der Waals surface area contributed by atoms with E-state index in [9.17, 15) is 38.4 Å². The molecule has 0 spiro atoms. The van der Waals surface area contributed by atoms with Crippen molar-refractivity contribution in [2.45, 2.75) is 250 Å². The summed E-state index contributed by atoms with van der Waals surface area (Å²) in [6, 6.07) is -0.283. The molecule has 3 heterocycles. The van der Waals surface area contributed by atoms with E-state index >= 15 is 0 Å². The lowest BCUT2D eigenvalue weighted by Crippen LogP contribution is -2.61. The average Bonchev–Trinajstić information content (AvgIpc) is 3.28. The van der Waals surface area contributed by atoms with Gasteiger partial charge in [-0.15, -0.1) is 0 Å². The first-order valence-corrected chi connectivity index (χ1v) is 26.9. The number of aliphatic hydroxyl groups excluding tert-OH is 3. The molecule has 408 valence electrons. The molecule has 0 amide bonds. The summed E-state index contributed by atoms with van der Waals surface area (Å²) in [6.45, 7) is 19.4. The number of Topliss-reactive ketones (excluding diaryl/α,β-unsaturated/α-hetero) is 1. The first-order valence-electron chi connectivity index (χ1n) is 25.6. The van der Waals surface area contributed by atoms with Crippen LogP contribution in [-0.2, 0) is 57.3 Å². The fourth-order valence-corrected chi connectivity index (χ4v) is 10.7. The molecule has 0 aliphatic carbocycles. The third kappa shape index (κ3) is 18.5. The quantitative estimate of drug-likeness (QED) is 0.0520. The summed E-state index contributed by atoms with van der Waals surface area (Å²) >= 11 is 0. The monoisotopic (exact) mass is 1010 g/mol. The summed E-state index contributed by atoms with van der Waals surface area (Å²) in [5.74, 6) is -4.47. The van der Waals surface area contributed by atoms with Crippen molar-refractivity contribution in [3.63, 3.8) is 0 Å². The number of hydrogen-bond acceptors (Lipinski definition) is 17. The number of nitrogens with zero attached hydrogens (tertiary/aromatic N) is 1. The molecule has 0 aromatic heterocycles.